The Morgan fingerprint density at radius 3 is 2.76 bits per heavy atom. The summed E-state index contributed by atoms with van der Waals surface area (Å²) >= 11 is 0. The van der Waals surface area contributed by atoms with Crippen LogP contribution in [-0.2, 0) is 4.79 Å². The molecule has 0 spiro atoms. The molecule has 0 atom stereocenters. The normalized spacial score (nSPS) is 11.0. The Morgan fingerprint density at radius 1 is 1.28 bits per heavy atom. The van der Waals surface area contributed by atoms with Crippen LogP contribution in [-0.4, -0.2) is 32.9 Å². The molecule has 1 amide bonds. The maximum Gasteiger partial charge on any atom is 0.221 e. The van der Waals surface area contributed by atoms with E-state index in [2.05, 4.69) is 20.6 Å². The molecular weight excluding hydrogens is 321 g/mol. The number of carbonyl (C=O) groups excluding carboxylic acids is 1. The zero-order chi connectivity index (χ0) is 17.8. The summed E-state index contributed by atoms with van der Waals surface area (Å²) in [6.07, 6.45) is 5.47. The van der Waals surface area contributed by atoms with E-state index in [0.29, 0.717) is 24.3 Å². The average Bonchev–Trinajstić information content (AvgIpc) is 2.94. The number of carbonyl (C=O) groups is 1. The van der Waals surface area contributed by atoms with Crippen molar-refractivity contribution in [3.63, 3.8) is 0 Å². The molecule has 25 heavy (non-hydrogen) atoms. The number of nitrogens with zero attached hydrogens (tertiary/aromatic N) is 3. The Labute approximate surface area is 145 Å². The molecule has 130 valence electrons. The molecule has 7 heteroatoms. The molecule has 0 aliphatic heterocycles. The first-order valence-electron chi connectivity index (χ1n) is 8.16. The van der Waals surface area contributed by atoms with E-state index in [-0.39, 0.29) is 17.8 Å². The van der Waals surface area contributed by atoms with Crippen LogP contribution in [0.5, 0.6) is 0 Å². The van der Waals surface area contributed by atoms with Crippen molar-refractivity contribution < 1.29 is 9.18 Å². The van der Waals surface area contributed by atoms with Crippen molar-refractivity contribution >= 4 is 17.4 Å². The monoisotopic (exact) mass is 341 g/mol. The fourth-order valence-corrected chi connectivity index (χ4v) is 2.57. The number of anilines is 1. The summed E-state index contributed by atoms with van der Waals surface area (Å²) in [5.74, 6) is 0.441. The number of nitrogens with one attached hydrogen (secondary N) is 2. The highest BCUT2D eigenvalue weighted by atomic mass is 19.1. The van der Waals surface area contributed by atoms with Crippen LogP contribution in [0.2, 0.25) is 0 Å². The molecule has 0 saturated carbocycles. The van der Waals surface area contributed by atoms with Gasteiger partial charge in [-0.25, -0.2) is 9.37 Å². The summed E-state index contributed by atoms with van der Waals surface area (Å²) in [4.78, 5) is 20.5. The van der Waals surface area contributed by atoms with Crippen LogP contribution in [0.4, 0.5) is 10.2 Å². The minimum atomic E-state index is -0.297. The van der Waals surface area contributed by atoms with Gasteiger partial charge in [-0.1, -0.05) is 0 Å². The fraction of sp³-hybridized carbons (Fsp3) is 0.278. The molecule has 0 saturated heterocycles. The van der Waals surface area contributed by atoms with E-state index >= 15 is 0 Å². The summed E-state index contributed by atoms with van der Waals surface area (Å²) in [5, 5.41) is 6.13. The van der Waals surface area contributed by atoms with Gasteiger partial charge in [0.25, 0.3) is 0 Å². The molecule has 0 aliphatic carbocycles. The van der Waals surface area contributed by atoms with E-state index in [0.717, 1.165) is 11.4 Å². The number of hydrogen-bond donors (Lipinski definition) is 2. The number of rotatable bonds is 6. The van der Waals surface area contributed by atoms with Crippen LogP contribution >= 0.6 is 0 Å². The molecule has 6 nitrogen and oxygen atoms in total. The van der Waals surface area contributed by atoms with Gasteiger partial charge in [0, 0.05) is 37.0 Å². The van der Waals surface area contributed by atoms with Crippen molar-refractivity contribution in [2.75, 3.05) is 11.9 Å². The van der Waals surface area contributed by atoms with Gasteiger partial charge in [-0.05, 0) is 38.1 Å². The minimum absolute atomic E-state index is 0.0127. The molecule has 2 heterocycles. The van der Waals surface area contributed by atoms with Gasteiger partial charge in [-0.3, -0.25) is 14.2 Å². The Morgan fingerprint density at radius 2 is 2.04 bits per heavy atom. The SMILES string of the molecule is CC(C)NC(=O)CCNc1c(-c2ccc(F)cc2)nc2cnccn12. The molecule has 3 aromatic rings. The van der Waals surface area contributed by atoms with Gasteiger partial charge < -0.3 is 10.6 Å². The van der Waals surface area contributed by atoms with E-state index in [9.17, 15) is 9.18 Å². The number of benzene rings is 1. The summed E-state index contributed by atoms with van der Waals surface area (Å²) in [6.45, 7) is 4.31. The molecule has 2 aromatic heterocycles. The molecule has 0 aliphatic rings. The lowest BCUT2D eigenvalue weighted by molar-refractivity contribution is -0.121. The Kier molecular flexibility index (Phi) is 4.92. The minimum Gasteiger partial charge on any atom is -0.369 e. The van der Waals surface area contributed by atoms with Gasteiger partial charge in [0.15, 0.2) is 5.65 Å². The van der Waals surface area contributed by atoms with Gasteiger partial charge in [-0.15, -0.1) is 0 Å². The number of hydrogen-bond acceptors (Lipinski definition) is 4. The van der Waals surface area contributed by atoms with Crippen LogP contribution < -0.4 is 10.6 Å². The van der Waals surface area contributed by atoms with Crippen molar-refractivity contribution in [1.29, 1.82) is 0 Å². The Bertz CT molecular complexity index is 873. The van der Waals surface area contributed by atoms with E-state index in [4.69, 9.17) is 0 Å². The number of fused-ring (bicyclic) bond motifs is 1. The molecule has 0 fully saturated rings. The number of amides is 1. The van der Waals surface area contributed by atoms with Gasteiger partial charge >= 0.3 is 0 Å². The van der Waals surface area contributed by atoms with Crippen molar-refractivity contribution in [3.8, 4) is 11.3 Å². The smallest absolute Gasteiger partial charge is 0.221 e. The van der Waals surface area contributed by atoms with Crippen molar-refractivity contribution in [2.45, 2.75) is 26.3 Å². The maximum atomic E-state index is 13.2. The highest BCUT2D eigenvalue weighted by Crippen LogP contribution is 2.28. The Balaban J connectivity index is 1.86. The summed E-state index contributed by atoms with van der Waals surface area (Å²) < 4.78 is 15.1. The van der Waals surface area contributed by atoms with Crippen LogP contribution in [0.3, 0.4) is 0 Å². The zero-order valence-corrected chi connectivity index (χ0v) is 14.2. The second-order valence-electron chi connectivity index (χ2n) is 6.02. The average molecular weight is 341 g/mol. The molecule has 0 bridgehead atoms. The van der Waals surface area contributed by atoms with E-state index in [1.54, 1.807) is 30.7 Å². The molecular formula is C18H20FN5O. The largest absolute Gasteiger partial charge is 0.369 e. The lowest BCUT2D eigenvalue weighted by Gasteiger charge is -2.10. The van der Waals surface area contributed by atoms with Crippen LogP contribution in [0, 0.1) is 5.82 Å². The number of aromatic nitrogens is 3. The van der Waals surface area contributed by atoms with E-state index in [1.807, 2.05) is 18.2 Å². The predicted octanol–water partition coefficient (Wildman–Crippen LogP) is 2.86. The molecule has 0 radical (unpaired) electrons. The van der Waals surface area contributed by atoms with Crippen molar-refractivity contribution in [3.05, 3.63) is 48.7 Å². The first-order chi connectivity index (χ1) is 12.0. The third-order valence-corrected chi connectivity index (χ3v) is 3.64. The maximum absolute atomic E-state index is 13.2. The van der Waals surface area contributed by atoms with Crippen molar-refractivity contribution in [1.82, 2.24) is 19.7 Å². The van der Waals surface area contributed by atoms with Gasteiger partial charge in [0.1, 0.15) is 17.3 Å². The summed E-state index contributed by atoms with van der Waals surface area (Å²) in [6, 6.07) is 6.28. The van der Waals surface area contributed by atoms with E-state index < -0.39 is 0 Å². The third-order valence-electron chi connectivity index (χ3n) is 3.64. The fourth-order valence-electron chi connectivity index (χ4n) is 2.57. The van der Waals surface area contributed by atoms with Crippen LogP contribution in [0.25, 0.3) is 16.9 Å². The van der Waals surface area contributed by atoms with Gasteiger partial charge in [0.2, 0.25) is 5.91 Å². The first-order valence-corrected chi connectivity index (χ1v) is 8.16. The molecule has 0 unspecified atom stereocenters. The lowest BCUT2D eigenvalue weighted by atomic mass is 10.1. The second kappa shape index (κ2) is 7.29. The lowest BCUT2D eigenvalue weighted by Crippen LogP contribution is -2.31. The molecule has 1 aromatic carbocycles. The van der Waals surface area contributed by atoms with Crippen molar-refractivity contribution in [2.24, 2.45) is 0 Å². The Hall–Kier alpha value is -2.96. The van der Waals surface area contributed by atoms with Gasteiger partial charge in [-0.2, -0.15) is 0 Å². The summed E-state index contributed by atoms with van der Waals surface area (Å²) in [5.41, 5.74) is 2.16. The third kappa shape index (κ3) is 3.93. The van der Waals surface area contributed by atoms with Crippen LogP contribution in [0.15, 0.2) is 42.9 Å². The van der Waals surface area contributed by atoms with Gasteiger partial charge in [0.05, 0.1) is 6.20 Å². The highest BCUT2D eigenvalue weighted by molar-refractivity contribution is 5.78. The topological polar surface area (TPSA) is 71.3 Å². The first kappa shape index (κ1) is 16.9. The second-order valence-corrected chi connectivity index (χ2v) is 6.02. The van der Waals surface area contributed by atoms with Crippen LogP contribution in [0.1, 0.15) is 20.3 Å². The highest BCUT2D eigenvalue weighted by Gasteiger charge is 2.14. The summed E-state index contributed by atoms with van der Waals surface area (Å²) in [7, 11) is 0. The standard InChI is InChI=1S/C18H20FN5O/c1-12(2)22-16(25)7-8-21-18-17(13-3-5-14(19)6-4-13)23-15-11-20-9-10-24(15)18/h3-6,9-12,21H,7-8H2,1-2H3,(H,22,25). The number of halogens is 1. The van der Waals surface area contributed by atoms with E-state index in [1.165, 1.54) is 12.1 Å². The number of imidazole rings is 1. The molecule has 3 rings (SSSR count). The predicted molar refractivity (Wildman–Crippen MR) is 94.8 cm³/mol. The zero-order valence-electron chi connectivity index (χ0n) is 14.2. The molecule has 2 N–H and O–H groups in total. The quantitative estimate of drug-likeness (QED) is 0.723.